The van der Waals surface area contributed by atoms with Gasteiger partial charge < -0.3 is 30.1 Å². The molecule has 2 atom stereocenters. The second kappa shape index (κ2) is 15.8. The zero-order valence-corrected chi connectivity index (χ0v) is 26.6. The number of rotatable bonds is 13. The van der Waals surface area contributed by atoms with Gasteiger partial charge in [-0.15, -0.1) is 0 Å². The molecule has 0 spiro atoms. The summed E-state index contributed by atoms with van der Waals surface area (Å²) in [7, 11) is 1.57. The normalized spacial score (nSPS) is 12.5. The fourth-order valence-electron chi connectivity index (χ4n) is 4.81. The van der Waals surface area contributed by atoms with E-state index < -0.39 is 29.7 Å². The Morgan fingerprint density at radius 3 is 2.23 bits per heavy atom. The molecule has 3 amide bonds. The van der Waals surface area contributed by atoms with Crippen LogP contribution in [0.25, 0.3) is 0 Å². The number of hydrogen-bond donors (Lipinski definition) is 3. The number of alkyl carbamates (subject to hydrolysis) is 1. The lowest BCUT2D eigenvalue weighted by Gasteiger charge is -2.35. The highest BCUT2D eigenvalue weighted by Gasteiger charge is 2.36. The van der Waals surface area contributed by atoms with Gasteiger partial charge in [0, 0.05) is 18.7 Å². The number of phenolic OH excluding ortho intramolecular Hbond substituents is 1. The maximum Gasteiger partial charge on any atom is 0.408 e. The third-order valence-electron chi connectivity index (χ3n) is 6.93. The number of nitrogens with zero attached hydrogens (tertiary/aromatic N) is 1. The van der Waals surface area contributed by atoms with E-state index in [1.54, 1.807) is 69.2 Å². The molecule has 0 heterocycles. The highest BCUT2D eigenvalue weighted by Crippen LogP contribution is 2.27. The van der Waals surface area contributed by atoms with Crippen LogP contribution in [0.1, 0.15) is 69.7 Å². The number of unbranched alkanes of at least 4 members (excludes halogenated alkanes) is 2. The number of benzene rings is 3. The van der Waals surface area contributed by atoms with Crippen LogP contribution in [0.3, 0.4) is 0 Å². The van der Waals surface area contributed by atoms with Crippen LogP contribution in [0.15, 0.2) is 72.8 Å². The average Bonchev–Trinajstić information content (AvgIpc) is 2.96. The van der Waals surface area contributed by atoms with Gasteiger partial charge >= 0.3 is 6.09 Å². The van der Waals surface area contributed by atoms with Crippen LogP contribution in [-0.2, 0) is 20.7 Å². The number of carbonyl (C=O) groups excluding carboxylic acids is 3. The van der Waals surface area contributed by atoms with E-state index in [9.17, 15) is 19.5 Å². The van der Waals surface area contributed by atoms with Gasteiger partial charge in [-0.2, -0.15) is 0 Å². The highest BCUT2D eigenvalue weighted by atomic mass is 16.6. The van der Waals surface area contributed by atoms with E-state index in [0.717, 1.165) is 24.0 Å². The molecular weight excluding hydrogens is 558 g/mol. The predicted octanol–water partition coefficient (Wildman–Crippen LogP) is 6.54. The summed E-state index contributed by atoms with van der Waals surface area (Å²) in [5, 5.41) is 15.5. The Kier molecular flexibility index (Phi) is 12.2. The van der Waals surface area contributed by atoms with Crippen molar-refractivity contribution in [3.8, 4) is 11.5 Å². The molecule has 0 aliphatic heterocycles. The van der Waals surface area contributed by atoms with E-state index in [1.165, 1.54) is 12.1 Å². The summed E-state index contributed by atoms with van der Waals surface area (Å²) in [6, 6.07) is 18.9. The van der Waals surface area contributed by atoms with Gasteiger partial charge in [0.15, 0.2) is 0 Å². The minimum atomic E-state index is -1.04. The minimum absolute atomic E-state index is 0.0904. The van der Waals surface area contributed by atoms with E-state index in [-0.39, 0.29) is 18.1 Å². The number of phenols is 1. The predicted molar refractivity (Wildman–Crippen MR) is 172 cm³/mol. The second-order valence-corrected chi connectivity index (χ2v) is 11.8. The third-order valence-corrected chi connectivity index (χ3v) is 6.93. The van der Waals surface area contributed by atoms with Gasteiger partial charge in [-0.1, -0.05) is 61.7 Å². The van der Waals surface area contributed by atoms with Gasteiger partial charge in [-0.3, -0.25) is 9.59 Å². The largest absolute Gasteiger partial charge is 0.508 e. The summed E-state index contributed by atoms with van der Waals surface area (Å²) >= 11 is 0. The number of ether oxygens (including phenoxy) is 2. The summed E-state index contributed by atoms with van der Waals surface area (Å²) < 4.78 is 10.8. The standard InChI is InChI=1S/C35H45N3O6/c1-7-8-9-21-38(33(41)30(37-34(42)44-35(3,4)5)23-25-13-17-28(39)18-14-25)31(26-12-10-11-24(2)22-26)32(40)36-27-15-19-29(43-6)20-16-27/h10-20,22,30-31,39H,7-9,21,23H2,1-6H3,(H,36,40)(H,37,42). The van der Waals surface area contributed by atoms with E-state index in [1.807, 2.05) is 31.2 Å². The van der Waals surface area contributed by atoms with Crippen molar-refractivity contribution in [3.63, 3.8) is 0 Å². The van der Waals surface area contributed by atoms with Gasteiger partial charge in [0.25, 0.3) is 5.91 Å². The summed E-state index contributed by atoms with van der Waals surface area (Å²) in [5.74, 6) is -0.0600. The van der Waals surface area contributed by atoms with Crippen molar-refractivity contribution < 1.29 is 29.0 Å². The maximum atomic E-state index is 14.6. The van der Waals surface area contributed by atoms with Crippen molar-refractivity contribution in [2.75, 3.05) is 19.0 Å². The molecule has 3 aromatic carbocycles. The zero-order valence-electron chi connectivity index (χ0n) is 26.6. The maximum absolute atomic E-state index is 14.6. The number of carbonyl (C=O) groups is 3. The number of nitrogens with one attached hydrogen (secondary N) is 2. The van der Waals surface area contributed by atoms with Crippen LogP contribution in [0.2, 0.25) is 0 Å². The Hall–Kier alpha value is -4.53. The van der Waals surface area contributed by atoms with Crippen LogP contribution in [0.5, 0.6) is 11.5 Å². The number of methoxy groups -OCH3 is 1. The highest BCUT2D eigenvalue weighted by molar-refractivity contribution is 5.99. The van der Waals surface area contributed by atoms with Gasteiger partial charge in [0.05, 0.1) is 7.11 Å². The van der Waals surface area contributed by atoms with Crippen molar-refractivity contribution >= 4 is 23.6 Å². The Labute approximate surface area is 260 Å². The lowest BCUT2D eigenvalue weighted by molar-refractivity contribution is -0.140. The zero-order chi connectivity index (χ0) is 32.3. The Balaban J connectivity index is 2.06. The summed E-state index contributed by atoms with van der Waals surface area (Å²) in [6.45, 7) is 9.54. The first-order valence-electron chi connectivity index (χ1n) is 15.0. The number of anilines is 1. The molecule has 0 saturated carbocycles. The molecule has 3 N–H and O–H groups in total. The molecule has 2 unspecified atom stereocenters. The lowest BCUT2D eigenvalue weighted by atomic mass is 9.98. The fourth-order valence-corrected chi connectivity index (χ4v) is 4.81. The molecule has 0 saturated heterocycles. The van der Waals surface area contributed by atoms with Crippen LogP contribution in [0.4, 0.5) is 10.5 Å². The van der Waals surface area contributed by atoms with E-state index in [2.05, 4.69) is 17.6 Å². The molecule has 236 valence electrons. The average molecular weight is 604 g/mol. The van der Waals surface area contributed by atoms with Crippen molar-refractivity contribution in [1.29, 1.82) is 0 Å². The Morgan fingerprint density at radius 2 is 1.64 bits per heavy atom. The molecule has 3 aromatic rings. The van der Waals surface area contributed by atoms with Crippen molar-refractivity contribution in [3.05, 3.63) is 89.5 Å². The third kappa shape index (κ3) is 10.3. The van der Waals surface area contributed by atoms with E-state index in [0.29, 0.717) is 30.0 Å². The van der Waals surface area contributed by atoms with E-state index in [4.69, 9.17) is 9.47 Å². The van der Waals surface area contributed by atoms with Gasteiger partial charge in [0.1, 0.15) is 29.2 Å². The van der Waals surface area contributed by atoms with Gasteiger partial charge in [-0.05, 0) is 81.6 Å². The monoisotopic (exact) mass is 603 g/mol. The molecule has 0 aromatic heterocycles. The minimum Gasteiger partial charge on any atom is -0.508 e. The molecule has 0 aliphatic rings. The Morgan fingerprint density at radius 1 is 0.955 bits per heavy atom. The molecule has 0 bridgehead atoms. The van der Waals surface area contributed by atoms with Gasteiger partial charge in [0.2, 0.25) is 5.91 Å². The number of aromatic hydroxyl groups is 1. The SMILES string of the molecule is CCCCCN(C(=O)C(Cc1ccc(O)cc1)NC(=O)OC(C)(C)C)C(C(=O)Nc1ccc(OC)cc1)c1cccc(C)c1. The summed E-state index contributed by atoms with van der Waals surface area (Å²) in [5.41, 5.74) is 2.10. The molecule has 0 aliphatic carbocycles. The molecule has 0 radical (unpaired) electrons. The summed E-state index contributed by atoms with van der Waals surface area (Å²) in [4.78, 5) is 43.2. The molecule has 44 heavy (non-hydrogen) atoms. The fraction of sp³-hybridized carbons (Fsp3) is 0.400. The first-order valence-corrected chi connectivity index (χ1v) is 15.0. The molecule has 9 heteroatoms. The van der Waals surface area contributed by atoms with Gasteiger partial charge in [-0.25, -0.2) is 4.79 Å². The Bertz CT molecular complexity index is 1380. The van der Waals surface area contributed by atoms with E-state index >= 15 is 0 Å². The topological polar surface area (TPSA) is 117 Å². The van der Waals surface area contributed by atoms with Crippen LogP contribution in [0, 0.1) is 6.92 Å². The van der Waals surface area contributed by atoms with Crippen molar-refractivity contribution in [2.45, 2.75) is 78.0 Å². The van der Waals surface area contributed by atoms with Crippen LogP contribution >= 0.6 is 0 Å². The molecular formula is C35H45N3O6. The van der Waals surface area contributed by atoms with Crippen molar-refractivity contribution in [2.24, 2.45) is 0 Å². The number of aryl methyl sites for hydroxylation is 1. The van der Waals surface area contributed by atoms with Crippen LogP contribution < -0.4 is 15.4 Å². The lowest BCUT2D eigenvalue weighted by Crippen LogP contribution is -2.53. The number of amides is 3. The molecule has 3 rings (SSSR count). The molecule has 0 fully saturated rings. The summed E-state index contributed by atoms with van der Waals surface area (Å²) in [6.07, 6.45) is 1.83. The first-order chi connectivity index (χ1) is 20.9. The van der Waals surface area contributed by atoms with Crippen molar-refractivity contribution in [1.82, 2.24) is 10.2 Å². The van der Waals surface area contributed by atoms with Crippen LogP contribution in [-0.4, -0.2) is 53.2 Å². The second-order valence-electron chi connectivity index (χ2n) is 11.8. The number of hydrogen-bond acceptors (Lipinski definition) is 6. The molecule has 9 nitrogen and oxygen atoms in total. The quantitative estimate of drug-likeness (QED) is 0.191. The smallest absolute Gasteiger partial charge is 0.408 e. The first kappa shape index (κ1) is 34.0.